The fraction of sp³-hybridized carbons (Fsp3) is 0.542. The van der Waals surface area contributed by atoms with Gasteiger partial charge in [0.05, 0.1) is 13.2 Å². The molecule has 11 heteroatoms. The Balaban J connectivity index is 3.44. The summed E-state index contributed by atoms with van der Waals surface area (Å²) < 4.78 is 9.81. The van der Waals surface area contributed by atoms with Gasteiger partial charge in [0.25, 0.3) is 0 Å². The minimum Gasteiger partial charge on any atom is -0.508 e. The van der Waals surface area contributed by atoms with Gasteiger partial charge in [-0.1, -0.05) is 32.0 Å². The Hall–Kier alpha value is -3.81. The van der Waals surface area contributed by atoms with Crippen LogP contribution in [0.4, 0.5) is 4.79 Å². The number of aromatic hydroxyl groups is 1. The van der Waals surface area contributed by atoms with E-state index in [4.69, 9.17) is 4.74 Å². The van der Waals surface area contributed by atoms with Crippen LogP contribution in [-0.2, 0) is 23.9 Å². The van der Waals surface area contributed by atoms with Crippen molar-refractivity contribution in [3.05, 3.63) is 29.8 Å². The number of carbonyl (C=O) groups is 4. The molecule has 0 heterocycles. The molecule has 2 unspecified atom stereocenters. The van der Waals surface area contributed by atoms with Crippen molar-refractivity contribution in [2.24, 2.45) is 5.92 Å². The van der Waals surface area contributed by atoms with Crippen molar-refractivity contribution < 1.29 is 33.8 Å². The van der Waals surface area contributed by atoms with Gasteiger partial charge in [-0.25, -0.2) is 4.79 Å². The number of carbonyl (C=O) groups excluding carboxylic acids is 4. The summed E-state index contributed by atoms with van der Waals surface area (Å²) in [6, 6.07) is 5.10. The lowest BCUT2D eigenvalue weighted by atomic mass is 9.98. The minimum absolute atomic E-state index is 0.0408. The third-order valence-corrected chi connectivity index (χ3v) is 4.65. The standard InChI is InChI=1S/C24H34N4O7/c1-15(2)13-17(27-23(33)35-24(3,4)5)22(32)28(12-11-25)20(16-9-7-8-10-18(16)29)21(31)26-14-19(30)34-6/h7-10,15,17,20,29H,12-14H2,1-6H3,(H,26,31)(H,27,33). The number of ether oxygens (including phenoxy) is 2. The molecule has 0 aromatic heterocycles. The van der Waals surface area contributed by atoms with Crippen molar-refractivity contribution in [2.75, 3.05) is 20.2 Å². The van der Waals surface area contributed by atoms with Gasteiger partial charge in [0.15, 0.2) is 0 Å². The number of esters is 1. The number of phenols is 1. The molecule has 1 aromatic carbocycles. The van der Waals surface area contributed by atoms with Crippen molar-refractivity contribution >= 4 is 23.9 Å². The van der Waals surface area contributed by atoms with Gasteiger partial charge in [0.1, 0.15) is 36.5 Å². The van der Waals surface area contributed by atoms with Crippen LogP contribution in [0.2, 0.25) is 0 Å². The lowest BCUT2D eigenvalue weighted by Crippen LogP contribution is -2.53. The summed E-state index contributed by atoms with van der Waals surface area (Å²) in [7, 11) is 1.15. The lowest BCUT2D eigenvalue weighted by molar-refractivity contribution is -0.144. The maximum Gasteiger partial charge on any atom is 0.408 e. The average Bonchev–Trinajstić information content (AvgIpc) is 2.75. The first-order chi connectivity index (χ1) is 16.3. The van der Waals surface area contributed by atoms with Crippen LogP contribution >= 0.6 is 0 Å². The topological polar surface area (TPSA) is 158 Å². The van der Waals surface area contributed by atoms with E-state index in [-0.39, 0.29) is 23.7 Å². The molecule has 0 spiro atoms. The van der Waals surface area contributed by atoms with E-state index in [2.05, 4.69) is 15.4 Å². The molecule has 3 amide bonds. The van der Waals surface area contributed by atoms with Gasteiger partial charge in [-0.15, -0.1) is 0 Å². The van der Waals surface area contributed by atoms with E-state index in [0.717, 1.165) is 12.0 Å². The van der Waals surface area contributed by atoms with Gasteiger partial charge in [0.2, 0.25) is 11.8 Å². The van der Waals surface area contributed by atoms with Crippen LogP contribution < -0.4 is 10.6 Å². The van der Waals surface area contributed by atoms with Crippen LogP contribution in [-0.4, -0.2) is 65.7 Å². The number of para-hydroxylation sites is 1. The van der Waals surface area contributed by atoms with E-state index in [1.165, 1.54) is 18.2 Å². The molecule has 3 N–H and O–H groups in total. The minimum atomic E-state index is -1.47. The van der Waals surface area contributed by atoms with Crippen LogP contribution in [0.3, 0.4) is 0 Å². The predicted octanol–water partition coefficient (Wildman–Crippen LogP) is 2.01. The molecule has 1 rings (SSSR count). The Labute approximate surface area is 205 Å². The molecule has 11 nitrogen and oxygen atoms in total. The molecule has 192 valence electrons. The second-order valence-electron chi connectivity index (χ2n) is 9.21. The van der Waals surface area contributed by atoms with E-state index < -0.39 is 54.7 Å². The molecule has 0 aliphatic heterocycles. The van der Waals surface area contributed by atoms with Gasteiger partial charge in [0, 0.05) is 5.56 Å². The van der Waals surface area contributed by atoms with Crippen LogP contribution in [0.5, 0.6) is 5.75 Å². The number of benzene rings is 1. The average molecular weight is 491 g/mol. The largest absolute Gasteiger partial charge is 0.508 e. The lowest BCUT2D eigenvalue weighted by Gasteiger charge is -2.33. The van der Waals surface area contributed by atoms with E-state index in [1.807, 2.05) is 19.9 Å². The van der Waals surface area contributed by atoms with Gasteiger partial charge >= 0.3 is 12.1 Å². The third-order valence-electron chi connectivity index (χ3n) is 4.65. The molecule has 0 fully saturated rings. The number of hydrogen-bond acceptors (Lipinski definition) is 8. The summed E-state index contributed by atoms with van der Waals surface area (Å²) in [4.78, 5) is 51.7. The highest BCUT2D eigenvalue weighted by Gasteiger charge is 2.37. The van der Waals surface area contributed by atoms with E-state index in [9.17, 15) is 29.5 Å². The number of hydrogen-bond donors (Lipinski definition) is 3. The third kappa shape index (κ3) is 9.52. The summed E-state index contributed by atoms with van der Waals surface area (Å²) in [5.74, 6) is -2.60. The normalized spacial score (nSPS) is 12.6. The van der Waals surface area contributed by atoms with E-state index in [1.54, 1.807) is 26.8 Å². The first kappa shape index (κ1) is 29.2. The molecule has 2 atom stereocenters. The van der Waals surface area contributed by atoms with Crippen LogP contribution in [0.1, 0.15) is 52.6 Å². The molecular formula is C24H34N4O7. The predicted molar refractivity (Wildman–Crippen MR) is 126 cm³/mol. The molecule has 0 bridgehead atoms. The Morgan fingerprint density at radius 3 is 2.31 bits per heavy atom. The summed E-state index contributed by atoms with van der Waals surface area (Å²) in [5.41, 5.74) is -0.771. The fourth-order valence-corrected chi connectivity index (χ4v) is 3.21. The summed E-state index contributed by atoms with van der Waals surface area (Å²) in [6.45, 7) is 7.69. The highest BCUT2D eigenvalue weighted by Crippen LogP contribution is 2.30. The number of alkyl carbamates (subject to hydrolysis) is 1. The molecule has 0 radical (unpaired) electrons. The number of phenolic OH excluding ortho intramolecular Hbond substituents is 1. The maximum atomic E-state index is 13.6. The number of nitrogens with one attached hydrogen (secondary N) is 2. The second kappa shape index (κ2) is 13.2. The number of methoxy groups -OCH3 is 1. The first-order valence-corrected chi connectivity index (χ1v) is 11.1. The Morgan fingerprint density at radius 2 is 1.80 bits per heavy atom. The zero-order valence-corrected chi connectivity index (χ0v) is 21.0. The molecule has 35 heavy (non-hydrogen) atoms. The molecule has 0 saturated heterocycles. The van der Waals surface area contributed by atoms with Gasteiger partial charge in [-0.05, 0) is 39.2 Å². The van der Waals surface area contributed by atoms with Gasteiger partial charge in [-0.3, -0.25) is 14.4 Å². The number of nitriles is 1. The second-order valence-corrected chi connectivity index (χ2v) is 9.21. The molecule has 0 aliphatic rings. The van der Waals surface area contributed by atoms with Crippen molar-refractivity contribution in [1.29, 1.82) is 5.26 Å². The smallest absolute Gasteiger partial charge is 0.408 e. The first-order valence-electron chi connectivity index (χ1n) is 11.1. The number of amides is 3. The highest BCUT2D eigenvalue weighted by atomic mass is 16.6. The van der Waals surface area contributed by atoms with Crippen LogP contribution in [0.25, 0.3) is 0 Å². The van der Waals surface area contributed by atoms with Crippen molar-refractivity contribution in [1.82, 2.24) is 15.5 Å². The highest BCUT2D eigenvalue weighted by molar-refractivity contribution is 5.93. The van der Waals surface area contributed by atoms with Crippen molar-refractivity contribution in [3.8, 4) is 11.8 Å². The van der Waals surface area contributed by atoms with Crippen LogP contribution in [0, 0.1) is 17.2 Å². The Morgan fingerprint density at radius 1 is 1.17 bits per heavy atom. The summed E-state index contributed by atoms with van der Waals surface area (Å²) in [5, 5.41) is 24.8. The summed E-state index contributed by atoms with van der Waals surface area (Å²) >= 11 is 0. The van der Waals surface area contributed by atoms with E-state index in [0.29, 0.717) is 0 Å². The molecule has 1 aromatic rings. The summed E-state index contributed by atoms with van der Waals surface area (Å²) in [6.07, 6.45) is -0.639. The molecular weight excluding hydrogens is 456 g/mol. The van der Waals surface area contributed by atoms with E-state index >= 15 is 0 Å². The zero-order valence-electron chi connectivity index (χ0n) is 21.0. The Kier molecular flexibility index (Phi) is 11.0. The molecule has 0 aliphatic carbocycles. The Bertz CT molecular complexity index is 950. The quantitative estimate of drug-likeness (QED) is 0.332. The van der Waals surface area contributed by atoms with Crippen LogP contribution in [0.15, 0.2) is 24.3 Å². The zero-order chi connectivity index (χ0) is 26.8. The fourth-order valence-electron chi connectivity index (χ4n) is 3.21. The maximum absolute atomic E-state index is 13.6. The van der Waals surface area contributed by atoms with Crippen molar-refractivity contribution in [3.63, 3.8) is 0 Å². The van der Waals surface area contributed by atoms with Gasteiger partial charge < -0.3 is 30.1 Å². The number of nitrogens with zero attached hydrogens (tertiary/aromatic N) is 2. The SMILES string of the molecule is COC(=O)CNC(=O)C(c1ccccc1O)N(CC#N)C(=O)C(CC(C)C)NC(=O)OC(C)(C)C. The molecule has 0 saturated carbocycles. The van der Waals surface area contributed by atoms with Gasteiger partial charge in [-0.2, -0.15) is 5.26 Å². The van der Waals surface area contributed by atoms with Crippen molar-refractivity contribution in [2.45, 2.75) is 58.7 Å². The monoisotopic (exact) mass is 490 g/mol. The number of rotatable bonds is 10.